The first-order valence-corrected chi connectivity index (χ1v) is 11.8. The SMILES string of the molecule is C=CCOc1ccccc1Cn1c(O)c(N=NC(=O)COc2cccc3ccccc23)c2ccccc21. The normalized spacial score (nSPS) is 11.2. The van der Waals surface area contributed by atoms with E-state index in [1.165, 1.54) is 0 Å². The van der Waals surface area contributed by atoms with Crippen LogP contribution in [0.2, 0.25) is 0 Å². The van der Waals surface area contributed by atoms with Crippen LogP contribution in [-0.4, -0.2) is 28.8 Å². The monoisotopic (exact) mass is 491 g/mol. The second kappa shape index (κ2) is 10.8. The predicted octanol–water partition coefficient (Wildman–Crippen LogP) is 6.80. The lowest BCUT2D eigenvalue weighted by atomic mass is 10.1. The van der Waals surface area contributed by atoms with Gasteiger partial charge in [0.2, 0.25) is 5.88 Å². The van der Waals surface area contributed by atoms with Gasteiger partial charge in [-0.15, -0.1) is 10.2 Å². The van der Waals surface area contributed by atoms with E-state index >= 15 is 0 Å². The molecule has 1 heterocycles. The van der Waals surface area contributed by atoms with E-state index in [9.17, 15) is 9.90 Å². The van der Waals surface area contributed by atoms with Crippen LogP contribution in [-0.2, 0) is 11.3 Å². The standard InChI is InChI=1S/C30H25N3O4/c1-2-18-36-26-16-8-4-11-22(26)19-33-25-15-7-6-14-24(25)29(30(33)35)32-31-28(34)20-37-27-17-9-12-21-10-3-5-13-23(21)27/h2-17,35H,1,18-20H2. The third-order valence-corrected chi connectivity index (χ3v) is 5.94. The molecule has 0 atom stereocenters. The molecule has 0 aliphatic rings. The van der Waals surface area contributed by atoms with Crippen LogP contribution >= 0.6 is 0 Å². The van der Waals surface area contributed by atoms with Gasteiger partial charge in [0.05, 0.1) is 12.1 Å². The molecule has 5 rings (SSSR count). The number of fused-ring (bicyclic) bond motifs is 2. The molecule has 0 unspecified atom stereocenters. The molecule has 1 N–H and O–H groups in total. The fourth-order valence-corrected chi connectivity index (χ4v) is 4.22. The van der Waals surface area contributed by atoms with Crippen molar-refractivity contribution in [2.75, 3.05) is 13.2 Å². The highest BCUT2D eigenvalue weighted by molar-refractivity contribution is 5.95. The fourth-order valence-electron chi connectivity index (χ4n) is 4.22. The summed E-state index contributed by atoms with van der Waals surface area (Å²) in [4.78, 5) is 12.5. The number of amides is 1. The molecule has 7 nitrogen and oxygen atoms in total. The average molecular weight is 492 g/mol. The molecule has 0 aliphatic heterocycles. The number of azo groups is 1. The van der Waals surface area contributed by atoms with E-state index in [0.717, 1.165) is 21.9 Å². The molecule has 184 valence electrons. The van der Waals surface area contributed by atoms with E-state index in [4.69, 9.17) is 9.47 Å². The summed E-state index contributed by atoms with van der Waals surface area (Å²) >= 11 is 0. The second-order valence-corrected chi connectivity index (χ2v) is 8.34. The number of nitrogens with zero attached hydrogens (tertiary/aromatic N) is 3. The number of benzene rings is 4. The summed E-state index contributed by atoms with van der Waals surface area (Å²) in [5.74, 6) is 0.639. The number of hydrogen-bond acceptors (Lipinski definition) is 5. The van der Waals surface area contributed by atoms with Crippen LogP contribution in [0.3, 0.4) is 0 Å². The van der Waals surface area contributed by atoms with Gasteiger partial charge in [-0.25, -0.2) is 0 Å². The lowest BCUT2D eigenvalue weighted by molar-refractivity contribution is -0.120. The van der Waals surface area contributed by atoms with E-state index in [1.54, 1.807) is 10.6 Å². The van der Waals surface area contributed by atoms with Gasteiger partial charge in [-0.1, -0.05) is 85.5 Å². The van der Waals surface area contributed by atoms with Gasteiger partial charge in [0.25, 0.3) is 0 Å². The quantitative estimate of drug-likeness (QED) is 0.181. The summed E-state index contributed by atoms with van der Waals surface area (Å²) in [6.45, 7) is 4.14. The first kappa shape index (κ1) is 23.8. The minimum atomic E-state index is -0.563. The minimum absolute atomic E-state index is 0.0914. The number of aromatic nitrogens is 1. The molecule has 0 aliphatic carbocycles. The summed E-state index contributed by atoms with van der Waals surface area (Å²) < 4.78 is 13.2. The Morgan fingerprint density at radius 1 is 0.865 bits per heavy atom. The highest BCUT2D eigenvalue weighted by Crippen LogP contribution is 2.40. The summed E-state index contributed by atoms with van der Waals surface area (Å²) in [5, 5.41) is 21.6. The molecule has 1 aromatic heterocycles. The van der Waals surface area contributed by atoms with Crippen molar-refractivity contribution < 1.29 is 19.4 Å². The Morgan fingerprint density at radius 3 is 2.43 bits per heavy atom. The molecule has 1 amide bonds. The van der Waals surface area contributed by atoms with Crippen LogP contribution in [0.5, 0.6) is 17.4 Å². The van der Waals surface area contributed by atoms with Crippen molar-refractivity contribution in [2.24, 2.45) is 10.2 Å². The number of aromatic hydroxyl groups is 1. The zero-order chi connectivity index (χ0) is 25.6. The third-order valence-electron chi connectivity index (χ3n) is 5.94. The molecule has 5 aromatic rings. The van der Waals surface area contributed by atoms with E-state index in [-0.39, 0.29) is 18.2 Å². The first-order valence-electron chi connectivity index (χ1n) is 11.8. The molecule has 0 spiro atoms. The van der Waals surface area contributed by atoms with Crippen LogP contribution in [0.15, 0.2) is 114 Å². The molecule has 4 aromatic carbocycles. The van der Waals surface area contributed by atoms with E-state index in [1.807, 2.05) is 91.0 Å². The van der Waals surface area contributed by atoms with Crippen LogP contribution in [0.25, 0.3) is 21.7 Å². The highest BCUT2D eigenvalue weighted by atomic mass is 16.5. The molecule has 0 radical (unpaired) electrons. The second-order valence-electron chi connectivity index (χ2n) is 8.34. The molecule has 0 saturated carbocycles. The maximum absolute atomic E-state index is 12.5. The first-order chi connectivity index (χ1) is 18.2. The van der Waals surface area contributed by atoms with Gasteiger partial charge >= 0.3 is 5.91 Å². The van der Waals surface area contributed by atoms with Crippen LogP contribution in [0.1, 0.15) is 5.56 Å². The van der Waals surface area contributed by atoms with E-state index in [2.05, 4.69) is 16.8 Å². The number of carbonyl (C=O) groups is 1. The number of hydrogen-bond donors (Lipinski definition) is 1. The smallest absolute Gasteiger partial charge is 0.302 e. The van der Waals surface area contributed by atoms with Gasteiger partial charge in [0.15, 0.2) is 12.3 Å². The largest absolute Gasteiger partial charge is 0.493 e. The van der Waals surface area contributed by atoms with Crippen molar-refractivity contribution in [2.45, 2.75) is 6.54 Å². The average Bonchev–Trinajstić information content (AvgIpc) is 3.20. The van der Waals surface area contributed by atoms with Crippen molar-refractivity contribution >= 4 is 33.3 Å². The lowest BCUT2D eigenvalue weighted by Gasteiger charge is -2.12. The minimum Gasteiger partial charge on any atom is -0.493 e. The van der Waals surface area contributed by atoms with Crippen molar-refractivity contribution in [3.63, 3.8) is 0 Å². The Hall–Kier alpha value is -4.91. The maximum atomic E-state index is 12.5. The van der Waals surface area contributed by atoms with E-state index in [0.29, 0.717) is 30.0 Å². The topological polar surface area (TPSA) is 85.4 Å². The van der Waals surface area contributed by atoms with Gasteiger partial charge in [-0.2, -0.15) is 0 Å². The number of para-hydroxylation sites is 2. The van der Waals surface area contributed by atoms with Crippen molar-refractivity contribution in [3.05, 3.63) is 109 Å². The molecule has 0 bridgehead atoms. The number of ether oxygens (including phenoxy) is 2. The van der Waals surface area contributed by atoms with Gasteiger partial charge < -0.3 is 19.1 Å². The summed E-state index contributed by atoms with van der Waals surface area (Å²) in [6, 6.07) is 28.5. The van der Waals surface area contributed by atoms with E-state index < -0.39 is 5.91 Å². The Morgan fingerprint density at radius 2 is 1.57 bits per heavy atom. The summed E-state index contributed by atoms with van der Waals surface area (Å²) in [6.07, 6.45) is 1.68. The third kappa shape index (κ3) is 5.06. The summed E-state index contributed by atoms with van der Waals surface area (Å²) in [7, 11) is 0. The Balaban J connectivity index is 1.38. The van der Waals surface area contributed by atoms with Gasteiger partial charge in [-0.05, 0) is 23.6 Å². The van der Waals surface area contributed by atoms with Crippen molar-refractivity contribution in [3.8, 4) is 17.4 Å². The van der Waals surface area contributed by atoms with Crippen LogP contribution in [0, 0.1) is 0 Å². The zero-order valence-electron chi connectivity index (χ0n) is 20.1. The number of rotatable bonds is 9. The Bertz CT molecular complexity index is 1620. The van der Waals surface area contributed by atoms with Crippen LogP contribution in [0.4, 0.5) is 5.69 Å². The van der Waals surface area contributed by atoms with Gasteiger partial charge in [-0.3, -0.25) is 4.79 Å². The number of carbonyl (C=O) groups excluding carboxylic acids is 1. The predicted molar refractivity (Wildman–Crippen MR) is 144 cm³/mol. The Labute approximate surface area is 213 Å². The Kier molecular flexibility index (Phi) is 6.94. The van der Waals surface area contributed by atoms with Gasteiger partial charge in [0, 0.05) is 16.3 Å². The molecule has 7 heteroatoms. The molecular weight excluding hydrogens is 466 g/mol. The fraction of sp³-hybridized carbons (Fsp3) is 0.100. The van der Waals surface area contributed by atoms with Gasteiger partial charge in [0.1, 0.15) is 18.1 Å². The van der Waals surface area contributed by atoms with Crippen molar-refractivity contribution in [1.29, 1.82) is 0 Å². The molecule has 0 fully saturated rings. The molecule has 0 saturated heterocycles. The molecule has 37 heavy (non-hydrogen) atoms. The highest BCUT2D eigenvalue weighted by Gasteiger charge is 2.18. The maximum Gasteiger partial charge on any atom is 0.302 e. The lowest BCUT2D eigenvalue weighted by Crippen LogP contribution is -2.08. The summed E-state index contributed by atoms with van der Waals surface area (Å²) in [5.41, 5.74) is 1.86. The molecular formula is C30H25N3O4. The van der Waals surface area contributed by atoms with Crippen molar-refractivity contribution in [1.82, 2.24) is 4.57 Å². The zero-order valence-corrected chi connectivity index (χ0v) is 20.1. The van der Waals surface area contributed by atoms with Crippen LogP contribution < -0.4 is 9.47 Å².